The zero-order valence-corrected chi connectivity index (χ0v) is 21.2. The molecule has 0 aliphatic carbocycles. The van der Waals surface area contributed by atoms with Gasteiger partial charge >= 0.3 is 11.9 Å². The van der Waals surface area contributed by atoms with E-state index >= 15 is 0 Å². The highest BCUT2D eigenvalue weighted by molar-refractivity contribution is 5.94. The fraction of sp³-hybridized carbons (Fsp3) is 0.267. The van der Waals surface area contributed by atoms with Gasteiger partial charge in [-0.25, -0.2) is 9.59 Å². The first kappa shape index (κ1) is 27.3. The van der Waals surface area contributed by atoms with Crippen LogP contribution in [-0.2, 0) is 11.3 Å². The van der Waals surface area contributed by atoms with Crippen molar-refractivity contribution >= 4 is 11.9 Å². The summed E-state index contributed by atoms with van der Waals surface area (Å²) >= 11 is 0. The molecule has 0 bridgehead atoms. The van der Waals surface area contributed by atoms with Crippen LogP contribution in [0.1, 0.15) is 53.0 Å². The Morgan fingerprint density at radius 3 is 2.05 bits per heavy atom. The second-order valence-electron chi connectivity index (χ2n) is 8.09. The highest BCUT2D eigenvalue weighted by Gasteiger charge is 2.18. The molecule has 0 heterocycles. The van der Waals surface area contributed by atoms with Crippen LogP contribution < -0.4 is 18.9 Å². The maximum Gasteiger partial charge on any atom is 0.343 e. The minimum atomic E-state index is -0.589. The van der Waals surface area contributed by atoms with Crippen molar-refractivity contribution in [2.75, 3.05) is 19.8 Å². The van der Waals surface area contributed by atoms with Gasteiger partial charge in [-0.3, -0.25) is 0 Å². The largest absolute Gasteiger partial charge is 0.494 e. The van der Waals surface area contributed by atoms with Crippen molar-refractivity contribution in [3.8, 4) is 23.0 Å². The topological polar surface area (TPSA) is 80.3 Å². The van der Waals surface area contributed by atoms with E-state index < -0.39 is 11.9 Å². The van der Waals surface area contributed by atoms with Crippen LogP contribution in [0.15, 0.2) is 79.4 Å². The third kappa shape index (κ3) is 8.42. The van der Waals surface area contributed by atoms with E-state index in [4.69, 9.17) is 23.7 Å². The zero-order valence-electron chi connectivity index (χ0n) is 21.2. The van der Waals surface area contributed by atoms with Crippen LogP contribution in [-0.4, -0.2) is 31.8 Å². The van der Waals surface area contributed by atoms with Gasteiger partial charge in [-0.15, -0.1) is 0 Å². The molecular weight excluding hydrogens is 472 g/mol. The van der Waals surface area contributed by atoms with Gasteiger partial charge in [0.25, 0.3) is 0 Å². The van der Waals surface area contributed by atoms with Gasteiger partial charge in [-0.2, -0.15) is 0 Å². The standard InChI is InChI=1S/C30H32O7/c1-4-17-33-24-11-7-22(8-12-24)21-36-30(32)27-20-26(15-16-28(27)35-19-6-3)37-29(31)23-9-13-25(14-10-23)34-18-5-2/h4,7-16,20H,1,5-6,17-19,21H2,2-3H3. The average molecular weight is 505 g/mol. The summed E-state index contributed by atoms with van der Waals surface area (Å²) in [6.45, 7) is 9.11. The van der Waals surface area contributed by atoms with Crippen molar-refractivity contribution in [1.29, 1.82) is 0 Å². The molecule has 37 heavy (non-hydrogen) atoms. The lowest BCUT2D eigenvalue weighted by molar-refractivity contribution is 0.0466. The zero-order chi connectivity index (χ0) is 26.5. The molecule has 0 saturated heterocycles. The summed E-state index contributed by atoms with van der Waals surface area (Å²) in [6, 6.07) is 18.6. The van der Waals surface area contributed by atoms with Crippen LogP contribution in [0.4, 0.5) is 0 Å². The second-order valence-corrected chi connectivity index (χ2v) is 8.09. The number of carbonyl (C=O) groups is 2. The molecular formula is C30H32O7. The Labute approximate surface area is 217 Å². The fourth-order valence-corrected chi connectivity index (χ4v) is 3.21. The fourth-order valence-electron chi connectivity index (χ4n) is 3.21. The molecule has 194 valence electrons. The molecule has 0 aromatic heterocycles. The summed E-state index contributed by atoms with van der Waals surface area (Å²) in [4.78, 5) is 25.6. The van der Waals surface area contributed by atoms with Crippen molar-refractivity contribution in [2.45, 2.75) is 33.3 Å². The quantitative estimate of drug-likeness (QED) is 0.143. The molecule has 3 aromatic carbocycles. The van der Waals surface area contributed by atoms with E-state index in [0.717, 1.165) is 18.4 Å². The number of rotatable bonds is 14. The molecule has 0 amide bonds. The van der Waals surface area contributed by atoms with E-state index in [9.17, 15) is 9.59 Å². The molecule has 0 fully saturated rings. The number of benzene rings is 3. The van der Waals surface area contributed by atoms with Crippen molar-refractivity contribution in [2.24, 2.45) is 0 Å². The highest BCUT2D eigenvalue weighted by Crippen LogP contribution is 2.27. The first-order valence-corrected chi connectivity index (χ1v) is 12.3. The van der Waals surface area contributed by atoms with Crippen LogP contribution in [0.25, 0.3) is 0 Å². The van der Waals surface area contributed by atoms with Crippen molar-refractivity contribution < 1.29 is 33.3 Å². The van der Waals surface area contributed by atoms with E-state index in [1.54, 1.807) is 54.6 Å². The molecule has 0 N–H and O–H groups in total. The van der Waals surface area contributed by atoms with Gasteiger partial charge in [0.05, 0.1) is 18.8 Å². The maximum atomic E-state index is 12.9. The number of carbonyl (C=O) groups excluding carboxylic acids is 2. The van der Waals surface area contributed by atoms with Crippen LogP contribution in [0, 0.1) is 0 Å². The van der Waals surface area contributed by atoms with Crippen LogP contribution in [0.3, 0.4) is 0 Å². The molecule has 0 spiro atoms. The van der Waals surface area contributed by atoms with Crippen molar-refractivity contribution in [1.82, 2.24) is 0 Å². The van der Waals surface area contributed by atoms with Crippen LogP contribution in [0.5, 0.6) is 23.0 Å². The Morgan fingerprint density at radius 2 is 1.38 bits per heavy atom. The summed E-state index contributed by atoms with van der Waals surface area (Å²) in [5.74, 6) is 0.798. The summed E-state index contributed by atoms with van der Waals surface area (Å²) in [7, 11) is 0. The highest BCUT2D eigenvalue weighted by atomic mass is 16.5. The lowest BCUT2D eigenvalue weighted by Crippen LogP contribution is -2.12. The molecule has 7 nitrogen and oxygen atoms in total. The SMILES string of the molecule is C=CCOc1ccc(COC(=O)c2cc(OC(=O)c3ccc(OCCC)cc3)ccc2OCCC)cc1. The predicted octanol–water partition coefficient (Wildman–Crippen LogP) is 6.41. The minimum Gasteiger partial charge on any atom is -0.494 e. The Balaban J connectivity index is 1.69. The third-order valence-electron chi connectivity index (χ3n) is 5.07. The van der Waals surface area contributed by atoms with Gasteiger partial charge in [-0.05, 0) is 73.0 Å². The minimum absolute atomic E-state index is 0.0598. The molecule has 0 radical (unpaired) electrons. The molecule has 0 aliphatic rings. The summed E-state index contributed by atoms with van der Waals surface area (Å²) in [5.41, 5.74) is 1.33. The van der Waals surface area contributed by atoms with Crippen molar-refractivity contribution in [3.05, 3.63) is 96.1 Å². The van der Waals surface area contributed by atoms with Gasteiger partial charge in [0.1, 0.15) is 41.8 Å². The van der Waals surface area contributed by atoms with Crippen LogP contribution >= 0.6 is 0 Å². The van der Waals surface area contributed by atoms with Gasteiger partial charge in [0, 0.05) is 0 Å². The van der Waals surface area contributed by atoms with Gasteiger partial charge in [0.15, 0.2) is 0 Å². The van der Waals surface area contributed by atoms with Gasteiger partial charge in [0.2, 0.25) is 0 Å². The molecule has 3 aromatic rings. The lowest BCUT2D eigenvalue weighted by Gasteiger charge is -2.13. The third-order valence-corrected chi connectivity index (χ3v) is 5.07. The monoisotopic (exact) mass is 504 g/mol. The first-order valence-electron chi connectivity index (χ1n) is 12.3. The average Bonchev–Trinajstić information content (AvgIpc) is 2.93. The molecule has 7 heteroatoms. The summed E-state index contributed by atoms with van der Waals surface area (Å²) < 4.78 is 27.8. The Hall–Kier alpha value is -4.26. The van der Waals surface area contributed by atoms with Gasteiger partial charge in [-0.1, -0.05) is 38.6 Å². The van der Waals surface area contributed by atoms with E-state index in [1.807, 2.05) is 26.0 Å². The number of hydrogen-bond acceptors (Lipinski definition) is 7. The molecule has 0 aliphatic heterocycles. The smallest absolute Gasteiger partial charge is 0.343 e. The molecule has 0 unspecified atom stereocenters. The predicted molar refractivity (Wildman–Crippen MR) is 141 cm³/mol. The Bertz CT molecular complexity index is 1170. The Kier molecular flexibility index (Phi) is 10.6. The summed E-state index contributed by atoms with van der Waals surface area (Å²) in [5, 5.41) is 0. The first-order chi connectivity index (χ1) is 18.0. The lowest BCUT2D eigenvalue weighted by atomic mass is 10.1. The number of ether oxygens (including phenoxy) is 5. The maximum absolute atomic E-state index is 12.9. The molecule has 0 saturated carbocycles. The second kappa shape index (κ2) is 14.3. The van der Waals surface area contributed by atoms with E-state index in [-0.39, 0.29) is 17.9 Å². The van der Waals surface area contributed by atoms with Crippen LogP contribution in [0.2, 0.25) is 0 Å². The van der Waals surface area contributed by atoms with E-state index in [1.165, 1.54) is 6.07 Å². The summed E-state index contributed by atoms with van der Waals surface area (Å²) in [6.07, 6.45) is 3.33. The van der Waals surface area contributed by atoms with Gasteiger partial charge < -0.3 is 23.7 Å². The van der Waals surface area contributed by atoms with E-state index in [0.29, 0.717) is 42.6 Å². The number of hydrogen-bond donors (Lipinski definition) is 0. The molecule has 3 rings (SSSR count). The normalized spacial score (nSPS) is 10.3. The number of esters is 2. The van der Waals surface area contributed by atoms with Crippen molar-refractivity contribution in [3.63, 3.8) is 0 Å². The Morgan fingerprint density at radius 1 is 0.757 bits per heavy atom. The molecule has 0 atom stereocenters. The van der Waals surface area contributed by atoms with E-state index in [2.05, 4.69) is 6.58 Å².